The number of aromatic nitrogens is 1. The number of rotatable bonds is 3. The van der Waals surface area contributed by atoms with Crippen molar-refractivity contribution in [2.45, 2.75) is 13.3 Å². The maximum Gasteiger partial charge on any atom is 0.155 e. The highest BCUT2D eigenvalue weighted by molar-refractivity contribution is 5.70. The number of anilines is 3. The molecule has 0 atom stereocenters. The van der Waals surface area contributed by atoms with Crippen molar-refractivity contribution in [1.82, 2.24) is 4.98 Å². The van der Waals surface area contributed by atoms with Crippen LogP contribution < -0.4 is 10.6 Å². The van der Waals surface area contributed by atoms with Crippen molar-refractivity contribution >= 4 is 17.2 Å². The first-order chi connectivity index (χ1) is 8.22. The summed E-state index contributed by atoms with van der Waals surface area (Å²) in [5.41, 5.74) is 9.02. The Hall–Kier alpha value is -2.03. The van der Waals surface area contributed by atoms with Gasteiger partial charge in [0.05, 0.1) is 5.69 Å². The summed E-state index contributed by atoms with van der Waals surface area (Å²) in [5, 5.41) is 0. The Morgan fingerprint density at radius 1 is 1.18 bits per heavy atom. The van der Waals surface area contributed by atoms with Crippen LogP contribution in [0.1, 0.15) is 12.5 Å². The third-order valence-corrected chi connectivity index (χ3v) is 2.87. The molecule has 1 aromatic carbocycles. The predicted octanol–water partition coefficient (Wildman–Crippen LogP) is 2.99. The van der Waals surface area contributed by atoms with Gasteiger partial charge in [-0.1, -0.05) is 19.1 Å². The summed E-state index contributed by atoms with van der Waals surface area (Å²) < 4.78 is 0. The van der Waals surface area contributed by atoms with E-state index in [4.69, 9.17) is 5.73 Å². The Morgan fingerprint density at radius 2 is 1.88 bits per heavy atom. The Balaban J connectivity index is 2.30. The third kappa shape index (κ3) is 2.38. The molecule has 0 amide bonds. The lowest BCUT2D eigenvalue weighted by molar-refractivity contribution is 1.11. The molecule has 0 aliphatic carbocycles. The topological polar surface area (TPSA) is 42.2 Å². The summed E-state index contributed by atoms with van der Waals surface area (Å²) in [7, 11) is 1.97. The van der Waals surface area contributed by atoms with Crippen molar-refractivity contribution in [3.63, 3.8) is 0 Å². The second-order valence-electron chi connectivity index (χ2n) is 4.00. The van der Waals surface area contributed by atoms with Crippen LogP contribution in [0.25, 0.3) is 0 Å². The van der Waals surface area contributed by atoms with Gasteiger partial charge in [0.15, 0.2) is 5.82 Å². The highest BCUT2D eigenvalue weighted by atomic mass is 15.2. The molecule has 0 bridgehead atoms. The molecule has 3 heteroatoms. The van der Waals surface area contributed by atoms with Gasteiger partial charge in [-0.25, -0.2) is 4.98 Å². The van der Waals surface area contributed by atoms with E-state index in [1.54, 1.807) is 6.20 Å². The fraction of sp³-hybridized carbons (Fsp3) is 0.214. The number of hydrogen-bond donors (Lipinski definition) is 1. The highest BCUT2D eigenvalue weighted by Gasteiger charge is 2.07. The van der Waals surface area contributed by atoms with Crippen molar-refractivity contribution in [3.05, 3.63) is 48.2 Å². The first-order valence-corrected chi connectivity index (χ1v) is 5.75. The van der Waals surface area contributed by atoms with Crippen LogP contribution >= 0.6 is 0 Å². The van der Waals surface area contributed by atoms with E-state index in [2.05, 4.69) is 36.2 Å². The minimum Gasteiger partial charge on any atom is -0.396 e. The molecular formula is C14H17N3. The smallest absolute Gasteiger partial charge is 0.155 e. The van der Waals surface area contributed by atoms with E-state index in [9.17, 15) is 0 Å². The molecule has 1 aromatic heterocycles. The molecule has 0 fully saturated rings. The summed E-state index contributed by atoms with van der Waals surface area (Å²) in [6.07, 6.45) is 2.80. The quantitative estimate of drug-likeness (QED) is 0.876. The van der Waals surface area contributed by atoms with E-state index in [-0.39, 0.29) is 0 Å². The Labute approximate surface area is 102 Å². The van der Waals surface area contributed by atoms with Gasteiger partial charge >= 0.3 is 0 Å². The van der Waals surface area contributed by atoms with Gasteiger partial charge < -0.3 is 10.6 Å². The molecule has 0 unspecified atom stereocenters. The molecule has 0 aliphatic rings. The Kier molecular flexibility index (Phi) is 3.28. The van der Waals surface area contributed by atoms with Crippen LogP contribution in [0.2, 0.25) is 0 Å². The van der Waals surface area contributed by atoms with E-state index >= 15 is 0 Å². The van der Waals surface area contributed by atoms with E-state index < -0.39 is 0 Å². The molecule has 0 saturated carbocycles. The fourth-order valence-corrected chi connectivity index (χ4v) is 1.77. The van der Waals surface area contributed by atoms with Crippen LogP contribution in [0.3, 0.4) is 0 Å². The number of hydrogen-bond acceptors (Lipinski definition) is 3. The van der Waals surface area contributed by atoms with Crippen LogP contribution in [-0.4, -0.2) is 12.0 Å². The van der Waals surface area contributed by atoms with Gasteiger partial charge in [0.1, 0.15) is 0 Å². The molecule has 2 aromatic rings. The lowest BCUT2D eigenvalue weighted by Crippen LogP contribution is -2.13. The molecule has 0 aliphatic heterocycles. The fourth-order valence-electron chi connectivity index (χ4n) is 1.77. The van der Waals surface area contributed by atoms with Crippen LogP contribution in [0.5, 0.6) is 0 Å². The number of nitrogens with zero attached hydrogens (tertiary/aromatic N) is 2. The van der Waals surface area contributed by atoms with Gasteiger partial charge in [-0.15, -0.1) is 0 Å². The first-order valence-electron chi connectivity index (χ1n) is 5.75. The zero-order valence-electron chi connectivity index (χ0n) is 10.2. The summed E-state index contributed by atoms with van der Waals surface area (Å²) in [6, 6.07) is 12.1. The van der Waals surface area contributed by atoms with Gasteiger partial charge in [0.2, 0.25) is 0 Å². The van der Waals surface area contributed by atoms with Crippen molar-refractivity contribution in [1.29, 1.82) is 0 Å². The zero-order valence-corrected chi connectivity index (χ0v) is 10.2. The van der Waals surface area contributed by atoms with Gasteiger partial charge in [0, 0.05) is 18.9 Å². The van der Waals surface area contributed by atoms with E-state index in [1.165, 1.54) is 5.56 Å². The van der Waals surface area contributed by atoms with Gasteiger partial charge in [-0.05, 0) is 36.2 Å². The summed E-state index contributed by atoms with van der Waals surface area (Å²) in [5.74, 6) is 0.789. The van der Waals surface area contributed by atoms with Crippen molar-refractivity contribution in [2.75, 3.05) is 17.7 Å². The zero-order chi connectivity index (χ0) is 12.3. The largest absolute Gasteiger partial charge is 0.396 e. The molecule has 2 N–H and O–H groups in total. The lowest BCUT2D eigenvalue weighted by Gasteiger charge is -2.19. The molecule has 1 heterocycles. The Morgan fingerprint density at radius 3 is 2.47 bits per heavy atom. The second-order valence-corrected chi connectivity index (χ2v) is 4.00. The molecular weight excluding hydrogens is 210 g/mol. The molecule has 17 heavy (non-hydrogen) atoms. The monoisotopic (exact) mass is 227 g/mol. The predicted molar refractivity (Wildman–Crippen MR) is 72.5 cm³/mol. The number of nitrogens with two attached hydrogens (primary N) is 1. The molecule has 0 spiro atoms. The van der Waals surface area contributed by atoms with Crippen molar-refractivity contribution < 1.29 is 0 Å². The van der Waals surface area contributed by atoms with E-state index in [1.807, 2.05) is 24.1 Å². The van der Waals surface area contributed by atoms with E-state index in [0.717, 1.165) is 17.9 Å². The van der Waals surface area contributed by atoms with Crippen LogP contribution in [0.4, 0.5) is 17.2 Å². The maximum atomic E-state index is 5.91. The summed E-state index contributed by atoms with van der Waals surface area (Å²) in [6.45, 7) is 2.15. The molecule has 3 nitrogen and oxygen atoms in total. The average molecular weight is 227 g/mol. The molecule has 2 rings (SSSR count). The summed E-state index contributed by atoms with van der Waals surface area (Å²) >= 11 is 0. The minimum absolute atomic E-state index is 0.689. The van der Waals surface area contributed by atoms with Gasteiger partial charge in [-0.3, -0.25) is 0 Å². The molecule has 88 valence electrons. The van der Waals surface area contributed by atoms with Crippen LogP contribution in [0.15, 0.2) is 42.6 Å². The van der Waals surface area contributed by atoms with Crippen molar-refractivity contribution in [2.24, 2.45) is 0 Å². The number of aryl methyl sites for hydroxylation is 1. The lowest BCUT2D eigenvalue weighted by atomic mass is 10.1. The number of nitrogen functional groups attached to an aromatic ring is 1. The van der Waals surface area contributed by atoms with Crippen LogP contribution in [-0.2, 0) is 6.42 Å². The highest BCUT2D eigenvalue weighted by Crippen LogP contribution is 2.26. The average Bonchev–Trinajstić information content (AvgIpc) is 2.39. The van der Waals surface area contributed by atoms with E-state index in [0.29, 0.717) is 5.69 Å². The Bertz CT molecular complexity index is 491. The molecule has 0 radical (unpaired) electrons. The first kappa shape index (κ1) is 11.5. The number of benzene rings is 1. The normalized spacial score (nSPS) is 10.2. The van der Waals surface area contributed by atoms with Crippen LogP contribution in [0, 0.1) is 0 Å². The maximum absolute atomic E-state index is 5.91. The molecule has 0 saturated heterocycles. The second kappa shape index (κ2) is 4.87. The standard InChI is InChI=1S/C14H17N3/c1-3-11-6-8-12(9-7-11)17(2)14-13(15)5-4-10-16-14/h4-10H,3,15H2,1-2H3. The van der Waals surface area contributed by atoms with Gasteiger partial charge in [-0.2, -0.15) is 0 Å². The SMILES string of the molecule is CCc1ccc(N(C)c2ncccc2N)cc1. The minimum atomic E-state index is 0.689. The number of pyridine rings is 1. The van der Waals surface area contributed by atoms with Gasteiger partial charge in [0.25, 0.3) is 0 Å². The van der Waals surface area contributed by atoms with Crippen molar-refractivity contribution in [3.8, 4) is 0 Å². The summed E-state index contributed by atoms with van der Waals surface area (Å²) in [4.78, 5) is 6.29. The third-order valence-electron chi connectivity index (χ3n) is 2.87.